The number of aliphatic hydroxyl groups is 1. The molecule has 7 atom stereocenters. The Bertz CT molecular complexity index is 1440. The van der Waals surface area contributed by atoms with Gasteiger partial charge < -0.3 is 19.8 Å². The van der Waals surface area contributed by atoms with Crippen molar-refractivity contribution in [2.75, 3.05) is 29.5 Å². The van der Waals surface area contributed by atoms with Gasteiger partial charge in [-0.05, 0) is 43.0 Å². The average Bonchev–Trinajstić information content (AvgIpc) is 3.59. The van der Waals surface area contributed by atoms with E-state index in [0.29, 0.717) is 17.1 Å². The van der Waals surface area contributed by atoms with Gasteiger partial charge in [-0.2, -0.15) is 0 Å². The van der Waals surface area contributed by atoms with Gasteiger partial charge in [0.25, 0.3) is 5.91 Å². The molecular weight excluding hydrogens is 662 g/mol. The molecule has 3 fully saturated rings. The zero-order valence-electron chi connectivity index (χ0n) is 25.2. The van der Waals surface area contributed by atoms with E-state index in [1.54, 1.807) is 44.7 Å². The van der Waals surface area contributed by atoms with Gasteiger partial charge in [0, 0.05) is 28.9 Å². The van der Waals surface area contributed by atoms with Gasteiger partial charge in [0.05, 0.1) is 39.9 Å². The third-order valence-electron chi connectivity index (χ3n) is 9.24. The van der Waals surface area contributed by atoms with Crippen molar-refractivity contribution in [1.29, 1.82) is 0 Å². The number of aliphatic hydroxyl groups excluding tert-OH is 1. The van der Waals surface area contributed by atoms with E-state index in [2.05, 4.69) is 29.1 Å². The number of halogens is 2. The van der Waals surface area contributed by atoms with Crippen LogP contribution in [0.4, 0.5) is 11.4 Å². The summed E-state index contributed by atoms with van der Waals surface area (Å²) in [5.41, 5.74) is 2.11. The van der Waals surface area contributed by atoms with Crippen LogP contribution in [-0.4, -0.2) is 74.3 Å². The van der Waals surface area contributed by atoms with Gasteiger partial charge in [-0.25, -0.2) is 0 Å². The quantitative estimate of drug-likeness (QED) is 0.235. The predicted octanol–water partition coefficient (Wildman–Crippen LogP) is 5.87. The highest BCUT2D eigenvalue weighted by Crippen LogP contribution is 2.68. The summed E-state index contributed by atoms with van der Waals surface area (Å²) in [7, 11) is 0. The van der Waals surface area contributed by atoms with Crippen LogP contribution >= 0.6 is 39.3 Å². The smallest absolute Gasteiger partial charge is 0.251 e. The average molecular weight is 701 g/mol. The first-order chi connectivity index (χ1) is 21.0. The van der Waals surface area contributed by atoms with Gasteiger partial charge in [0.15, 0.2) is 0 Å². The first kappa shape index (κ1) is 32.8. The number of thioether (sulfide) groups is 1. The molecule has 0 saturated carbocycles. The largest absolute Gasteiger partial charge is 0.394 e. The number of carbonyl (C=O) groups is 3. The molecule has 1 spiro atoms. The number of nitrogens with zero attached hydrogens (tertiary/aromatic N) is 3. The summed E-state index contributed by atoms with van der Waals surface area (Å²) < 4.78 is -0.888. The molecule has 0 aliphatic carbocycles. The van der Waals surface area contributed by atoms with Crippen molar-refractivity contribution in [3.63, 3.8) is 0 Å². The number of para-hydroxylation sites is 2. The predicted molar refractivity (Wildman–Crippen MR) is 182 cm³/mol. The van der Waals surface area contributed by atoms with Crippen LogP contribution in [0, 0.1) is 24.7 Å². The normalized spacial score (nSPS) is 27.8. The monoisotopic (exact) mass is 699 g/mol. The maximum absolute atomic E-state index is 15.0. The Labute approximate surface area is 277 Å². The molecular formula is C34H39BrClN3O4S. The summed E-state index contributed by atoms with van der Waals surface area (Å²) in [4.78, 5) is 49.1. The number of benzene rings is 2. The van der Waals surface area contributed by atoms with Gasteiger partial charge >= 0.3 is 0 Å². The number of rotatable bonds is 11. The van der Waals surface area contributed by atoms with Crippen LogP contribution in [0.25, 0.3) is 0 Å². The molecule has 44 heavy (non-hydrogen) atoms. The number of amides is 3. The Morgan fingerprint density at radius 2 is 1.77 bits per heavy atom. The molecule has 3 heterocycles. The van der Waals surface area contributed by atoms with E-state index in [-0.39, 0.29) is 53.4 Å². The fourth-order valence-electron chi connectivity index (χ4n) is 7.38. The molecule has 3 aliphatic heterocycles. The summed E-state index contributed by atoms with van der Waals surface area (Å²) in [6.45, 7) is 13.7. The summed E-state index contributed by atoms with van der Waals surface area (Å²) in [6.07, 6.45) is 3.86. The van der Waals surface area contributed by atoms with E-state index in [4.69, 9.17) is 11.6 Å². The SMILES string of the molecule is C=CCN(C(=O)[C@H]1[C@@H]2SC3(CC2Br)C(C(=O)N(CC=C)c2c(C)cccc2Cl)N([C@@H](CO)C(C)C)C(=O)[C@H]13)c1ccccc1. The van der Waals surface area contributed by atoms with Gasteiger partial charge in [-0.3, -0.25) is 14.4 Å². The molecule has 3 saturated heterocycles. The van der Waals surface area contributed by atoms with Crippen molar-refractivity contribution in [2.45, 2.75) is 54.1 Å². The van der Waals surface area contributed by atoms with Crippen LogP contribution in [0.5, 0.6) is 0 Å². The molecule has 2 aromatic rings. The molecule has 234 valence electrons. The van der Waals surface area contributed by atoms with Crippen LogP contribution in [0.2, 0.25) is 5.02 Å². The summed E-state index contributed by atoms with van der Waals surface area (Å²) in [6, 6.07) is 13.3. The molecule has 2 aromatic carbocycles. The molecule has 2 bridgehead atoms. The van der Waals surface area contributed by atoms with Crippen LogP contribution in [0.3, 0.4) is 0 Å². The minimum atomic E-state index is -0.924. The molecule has 3 amide bonds. The van der Waals surface area contributed by atoms with E-state index < -0.39 is 28.7 Å². The lowest BCUT2D eigenvalue weighted by molar-refractivity contribution is -0.142. The molecule has 3 unspecified atom stereocenters. The van der Waals surface area contributed by atoms with Gasteiger partial charge in [0.2, 0.25) is 11.8 Å². The molecule has 10 heteroatoms. The zero-order chi connectivity index (χ0) is 31.9. The van der Waals surface area contributed by atoms with Crippen molar-refractivity contribution in [3.8, 4) is 0 Å². The Kier molecular flexibility index (Phi) is 9.71. The zero-order valence-corrected chi connectivity index (χ0v) is 28.4. The molecule has 5 rings (SSSR count). The number of carbonyl (C=O) groups excluding carboxylic acids is 3. The lowest BCUT2D eigenvalue weighted by Crippen LogP contribution is -2.59. The van der Waals surface area contributed by atoms with E-state index in [1.807, 2.05) is 63.2 Å². The third kappa shape index (κ3) is 5.23. The molecule has 3 aliphatic rings. The number of alkyl halides is 1. The number of hydrogen-bond donors (Lipinski definition) is 1. The summed E-state index contributed by atoms with van der Waals surface area (Å²) in [5, 5.41) is 10.8. The standard InChI is InChI=1S/C34H39BrClN3O4S/c1-6-16-37(22-13-9-8-10-14-22)31(41)26-27-32(42)39(25(19-40)20(3)4)30(34(27)18-23(35)29(26)44-34)33(43)38(17-7-2)28-21(5)12-11-15-24(28)36/h6-15,20,23,25-27,29-30,40H,1-2,16-19H2,3-5H3/t23?,25-,26+,27-,29+,30?,34?/m0/s1. The van der Waals surface area contributed by atoms with E-state index >= 15 is 4.79 Å². The van der Waals surface area contributed by atoms with E-state index in [0.717, 1.165) is 11.3 Å². The van der Waals surface area contributed by atoms with Crippen molar-refractivity contribution >= 4 is 68.4 Å². The van der Waals surface area contributed by atoms with Gasteiger partial charge in [-0.15, -0.1) is 24.9 Å². The summed E-state index contributed by atoms with van der Waals surface area (Å²) >= 11 is 12.1. The lowest BCUT2D eigenvalue weighted by Gasteiger charge is -2.41. The second-order valence-corrected chi connectivity index (χ2v) is 15.2. The van der Waals surface area contributed by atoms with Crippen molar-refractivity contribution < 1.29 is 19.5 Å². The second kappa shape index (κ2) is 13.0. The molecule has 0 radical (unpaired) electrons. The van der Waals surface area contributed by atoms with Crippen LogP contribution < -0.4 is 9.80 Å². The number of hydrogen-bond acceptors (Lipinski definition) is 5. The fourth-order valence-corrected chi connectivity index (χ4v) is 11.3. The van der Waals surface area contributed by atoms with Crippen LogP contribution in [0.15, 0.2) is 73.8 Å². The number of likely N-dealkylation sites (tertiary alicyclic amines) is 1. The second-order valence-electron chi connectivity index (χ2n) is 12.1. The van der Waals surface area contributed by atoms with Crippen molar-refractivity contribution in [2.24, 2.45) is 17.8 Å². The highest BCUT2D eigenvalue weighted by Gasteiger charge is 2.76. The lowest BCUT2D eigenvalue weighted by atomic mass is 9.70. The highest BCUT2D eigenvalue weighted by atomic mass is 79.9. The topological polar surface area (TPSA) is 81.2 Å². The van der Waals surface area contributed by atoms with Gasteiger partial charge in [-0.1, -0.05) is 83.9 Å². The Balaban J connectivity index is 1.66. The minimum absolute atomic E-state index is 0.0939. The minimum Gasteiger partial charge on any atom is -0.394 e. The Morgan fingerprint density at radius 1 is 1.11 bits per heavy atom. The van der Waals surface area contributed by atoms with E-state index in [1.165, 1.54) is 0 Å². The highest BCUT2D eigenvalue weighted by molar-refractivity contribution is 9.09. The summed E-state index contributed by atoms with van der Waals surface area (Å²) in [5.74, 6) is -2.27. The molecule has 1 N–H and O–H groups in total. The maximum Gasteiger partial charge on any atom is 0.251 e. The number of aryl methyl sites for hydroxylation is 1. The molecule has 7 nitrogen and oxygen atoms in total. The maximum atomic E-state index is 15.0. The van der Waals surface area contributed by atoms with Crippen molar-refractivity contribution in [3.05, 3.63) is 84.4 Å². The number of anilines is 2. The third-order valence-corrected chi connectivity index (χ3v) is 12.8. The Hall–Kier alpha value is -2.59. The Morgan fingerprint density at radius 3 is 2.36 bits per heavy atom. The van der Waals surface area contributed by atoms with E-state index in [9.17, 15) is 14.7 Å². The first-order valence-corrected chi connectivity index (χ1v) is 17.1. The van der Waals surface area contributed by atoms with Gasteiger partial charge in [0.1, 0.15) is 6.04 Å². The first-order valence-electron chi connectivity index (χ1n) is 14.9. The number of fused-ring (bicyclic) bond motifs is 1. The van der Waals surface area contributed by atoms with Crippen LogP contribution in [0.1, 0.15) is 25.8 Å². The van der Waals surface area contributed by atoms with Crippen LogP contribution in [-0.2, 0) is 14.4 Å². The van der Waals surface area contributed by atoms with Crippen molar-refractivity contribution in [1.82, 2.24) is 4.90 Å². The molecule has 0 aromatic heterocycles. The fraction of sp³-hybridized carbons (Fsp3) is 0.441.